The molecule has 0 aromatic heterocycles. The minimum absolute atomic E-state index is 0.0289. The Morgan fingerprint density at radius 2 is 1.67 bits per heavy atom. The number of hydrogen-bond donors (Lipinski definition) is 3. The van der Waals surface area contributed by atoms with E-state index in [1.807, 2.05) is 0 Å². The highest BCUT2D eigenvalue weighted by Crippen LogP contribution is 2.02. The van der Waals surface area contributed by atoms with Crippen LogP contribution in [0.1, 0.15) is 38.5 Å². The first-order chi connectivity index (χ1) is 7.16. The molecule has 0 rings (SSSR count). The van der Waals surface area contributed by atoms with E-state index in [-0.39, 0.29) is 18.9 Å². The van der Waals surface area contributed by atoms with Crippen molar-refractivity contribution in [2.75, 3.05) is 13.2 Å². The van der Waals surface area contributed by atoms with Crippen LogP contribution in [0.3, 0.4) is 0 Å². The number of unbranched alkanes of at least 4 members (excludes halogenated alkanes) is 2. The summed E-state index contributed by atoms with van der Waals surface area (Å²) in [7, 11) is 0. The number of carboxylic acids is 1. The van der Waals surface area contributed by atoms with E-state index in [1.54, 1.807) is 0 Å². The molecular weight excluding hydrogens is 198 g/mol. The van der Waals surface area contributed by atoms with Gasteiger partial charge in [0.2, 0.25) is 5.91 Å². The van der Waals surface area contributed by atoms with Gasteiger partial charge in [0.25, 0.3) is 0 Å². The minimum Gasteiger partial charge on any atom is -0.481 e. The predicted octanol–water partition coefficient (Wildman–Crippen LogP) is 0.520. The van der Waals surface area contributed by atoms with Gasteiger partial charge in [0.15, 0.2) is 0 Å². The van der Waals surface area contributed by atoms with Gasteiger partial charge in [-0.05, 0) is 19.3 Å². The summed E-state index contributed by atoms with van der Waals surface area (Å²) in [5.74, 6) is -0.818. The smallest absolute Gasteiger partial charge is 0.303 e. The van der Waals surface area contributed by atoms with E-state index in [2.05, 4.69) is 5.32 Å². The summed E-state index contributed by atoms with van der Waals surface area (Å²) in [5, 5.41) is 19.5. The molecule has 0 aromatic carbocycles. The highest BCUT2D eigenvalue weighted by Gasteiger charge is 2.01. The molecule has 0 radical (unpaired) electrons. The molecule has 5 heteroatoms. The van der Waals surface area contributed by atoms with Gasteiger partial charge in [0, 0.05) is 26.0 Å². The number of carbonyl (C=O) groups is 2. The Hall–Kier alpha value is -1.10. The maximum Gasteiger partial charge on any atom is 0.303 e. The number of nitrogens with one attached hydrogen (secondary N) is 1. The Kier molecular flexibility index (Phi) is 8.76. The molecule has 5 nitrogen and oxygen atoms in total. The van der Waals surface area contributed by atoms with E-state index in [4.69, 9.17) is 10.2 Å². The fourth-order valence-corrected chi connectivity index (χ4v) is 1.13. The van der Waals surface area contributed by atoms with Gasteiger partial charge < -0.3 is 15.5 Å². The average Bonchev–Trinajstić information content (AvgIpc) is 2.17. The summed E-state index contributed by atoms with van der Waals surface area (Å²) in [6.07, 6.45) is 3.29. The molecule has 0 heterocycles. The van der Waals surface area contributed by atoms with Crippen molar-refractivity contribution in [1.82, 2.24) is 5.32 Å². The fraction of sp³-hybridized carbons (Fsp3) is 0.800. The van der Waals surface area contributed by atoms with Crippen LogP contribution >= 0.6 is 0 Å². The molecule has 3 N–H and O–H groups in total. The van der Waals surface area contributed by atoms with Crippen molar-refractivity contribution in [3.63, 3.8) is 0 Å². The van der Waals surface area contributed by atoms with Crippen LogP contribution in [0.4, 0.5) is 0 Å². The molecule has 0 aliphatic heterocycles. The van der Waals surface area contributed by atoms with Crippen molar-refractivity contribution in [1.29, 1.82) is 0 Å². The third kappa shape index (κ3) is 10.8. The fourth-order valence-electron chi connectivity index (χ4n) is 1.13. The lowest BCUT2D eigenvalue weighted by Gasteiger charge is -2.03. The second kappa shape index (κ2) is 9.45. The normalized spacial score (nSPS) is 9.93. The Morgan fingerprint density at radius 1 is 1.00 bits per heavy atom. The third-order valence-electron chi connectivity index (χ3n) is 1.95. The number of rotatable bonds is 9. The van der Waals surface area contributed by atoms with Crippen LogP contribution in [-0.2, 0) is 9.59 Å². The first kappa shape index (κ1) is 13.9. The first-order valence-corrected chi connectivity index (χ1v) is 5.26. The van der Waals surface area contributed by atoms with E-state index < -0.39 is 5.97 Å². The van der Waals surface area contributed by atoms with E-state index in [9.17, 15) is 9.59 Å². The number of aliphatic hydroxyl groups is 1. The van der Waals surface area contributed by atoms with Crippen molar-refractivity contribution in [2.24, 2.45) is 0 Å². The number of amides is 1. The molecule has 0 atom stereocenters. The van der Waals surface area contributed by atoms with Crippen LogP contribution in [0.2, 0.25) is 0 Å². The molecule has 0 saturated carbocycles. The number of hydrogen-bond acceptors (Lipinski definition) is 3. The SMILES string of the molecule is O=C(O)CCCCCC(=O)NCCCO. The van der Waals surface area contributed by atoms with Crippen LogP contribution in [0.15, 0.2) is 0 Å². The molecule has 0 fully saturated rings. The van der Waals surface area contributed by atoms with Crippen LogP contribution < -0.4 is 5.32 Å². The molecule has 0 saturated heterocycles. The molecule has 0 bridgehead atoms. The van der Waals surface area contributed by atoms with Gasteiger partial charge in [0.05, 0.1) is 0 Å². The van der Waals surface area contributed by atoms with Gasteiger partial charge in [-0.2, -0.15) is 0 Å². The van der Waals surface area contributed by atoms with Gasteiger partial charge >= 0.3 is 5.97 Å². The Balaban J connectivity index is 3.20. The Morgan fingerprint density at radius 3 is 2.27 bits per heavy atom. The zero-order valence-electron chi connectivity index (χ0n) is 8.87. The summed E-state index contributed by atoms with van der Waals surface area (Å²) in [4.78, 5) is 21.3. The molecule has 0 unspecified atom stereocenters. The van der Waals surface area contributed by atoms with Gasteiger partial charge in [-0.25, -0.2) is 0 Å². The van der Waals surface area contributed by atoms with Crippen molar-refractivity contribution in [2.45, 2.75) is 38.5 Å². The van der Waals surface area contributed by atoms with Gasteiger partial charge in [-0.3, -0.25) is 9.59 Å². The summed E-state index contributed by atoms with van der Waals surface area (Å²) in [6, 6.07) is 0. The third-order valence-corrected chi connectivity index (χ3v) is 1.95. The zero-order chi connectivity index (χ0) is 11.5. The maximum atomic E-state index is 11.1. The summed E-state index contributed by atoms with van der Waals surface area (Å²) in [5.41, 5.74) is 0. The minimum atomic E-state index is -0.789. The molecule has 0 spiro atoms. The molecule has 0 aliphatic carbocycles. The molecule has 0 aliphatic rings. The Labute approximate surface area is 89.5 Å². The van der Waals surface area contributed by atoms with Gasteiger partial charge in [0.1, 0.15) is 0 Å². The van der Waals surface area contributed by atoms with E-state index in [0.717, 1.165) is 12.8 Å². The summed E-state index contributed by atoms with van der Waals surface area (Å²) in [6.45, 7) is 0.587. The first-order valence-electron chi connectivity index (χ1n) is 5.26. The van der Waals surface area contributed by atoms with E-state index >= 15 is 0 Å². The monoisotopic (exact) mass is 217 g/mol. The zero-order valence-corrected chi connectivity index (χ0v) is 8.87. The highest BCUT2D eigenvalue weighted by atomic mass is 16.4. The van der Waals surface area contributed by atoms with Crippen LogP contribution in [-0.4, -0.2) is 35.2 Å². The molecular formula is C10H19NO4. The molecule has 15 heavy (non-hydrogen) atoms. The predicted molar refractivity (Wildman–Crippen MR) is 55.4 cm³/mol. The van der Waals surface area contributed by atoms with E-state index in [1.165, 1.54) is 0 Å². The van der Waals surface area contributed by atoms with Crippen molar-refractivity contribution in [3.05, 3.63) is 0 Å². The second-order valence-corrected chi connectivity index (χ2v) is 3.38. The number of carboxylic acid groups (broad SMARTS) is 1. The lowest BCUT2D eigenvalue weighted by Crippen LogP contribution is -2.24. The lowest BCUT2D eigenvalue weighted by molar-refractivity contribution is -0.137. The van der Waals surface area contributed by atoms with Gasteiger partial charge in [-0.1, -0.05) is 6.42 Å². The number of aliphatic carboxylic acids is 1. The topological polar surface area (TPSA) is 86.6 Å². The second-order valence-electron chi connectivity index (χ2n) is 3.38. The average molecular weight is 217 g/mol. The molecule has 0 aromatic rings. The maximum absolute atomic E-state index is 11.1. The van der Waals surface area contributed by atoms with Crippen molar-refractivity contribution < 1.29 is 19.8 Å². The van der Waals surface area contributed by atoms with Crippen molar-refractivity contribution >= 4 is 11.9 Å². The standard InChI is InChI=1S/C10H19NO4/c12-8-4-7-11-9(13)5-2-1-3-6-10(14)15/h12H,1-8H2,(H,11,13)(H,14,15). The highest BCUT2D eigenvalue weighted by molar-refractivity contribution is 5.75. The Bertz CT molecular complexity index is 194. The van der Waals surface area contributed by atoms with Crippen molar-refractivity contribution in [3.8, 4) is 0 Å². The summed E-state index contributed by atoms with van der Waals surface area (Å²) >= 11 is 0. The largest absolute Gasteiger partial charge is 0.481 e. The van der Waals surface area contributed by atoms with E-state index in [0.29, 0.717) is 25.8 Å². The molecule has 1 amide bonds. The quantitative estimate of drug-likeness (QED) is 0.491. The number of carbonyl (C=O) groups excluding carboxylic acids is 1. The molecule has 88 valence electrons. The van der Waals surface area contributed by atoms with Crippen LogP contribution in [0.25, 0.3) is 0 Å². The van der Waals surface area contributed by atoms with Crippen LogP contribution in [0.5, 0.6) is 0 Å². The summed E-state index contributed by atoms with van der Waals surface area (Å²) < 4.78 is 0. The van der Waals surface area contributed by atoms with Gasteiger partial charge in [-0.15, -0.1) is 0 Å². The number of aliphatic hydroxyl groups excluding tert-OH is 1. The van der Waals surface area contributed by atoms with Crippen LogP contribution in [0, 0.1) is 0 Å². The lowest BCUT2D eigenvalue weighted by atomic mass is 10.1.